The van der Waals surface area contributed by atoms with E-state index in [1.54, 1.807) is 0 Å². The van der Waals surface area contributed by atoms with Crippen molar-refractivity contribution in [2.45, 2.75) is 60.3 Å². The Hall–Kier alpha value is -2.03. The molecule has 0 saturated carbocycles. The summed E-state index contributed by atoms with van der Waals surface area (Å²) in [5.41, 5.74) is -0.454. The van der Waals surface area contributed by atoms with Crippen LogP contribution in [0.3, 0.4) is 0 Å². The van der Waals surface area contributed by atoms with Gasteiger partial charge in [-0.05, 0) is 12.8 Å². The lowest BCUT2D eigenvalue weighted by atomic mass is 9.96. The zero-order valence-corrected chi connectivity index (χ0v) is 19.5. The van der Waals surface area contributed by atoms with Gasteiger partial charge in [0.15, 0.2) is 0 Å². The second-order valence-electron chi connectivity index (χ2n) is 8.18. The summed E-state index contributed by atoms with van der Waals surface area (Å²) < 4.78 is 10.4. The minimum absolute atomic E-state index is 0.0273. The number of hydrogen-bond acceptors (Lipinski definition) is 6. The molecule has 0 aliphatic rings. The molecule has 3 amide bonds. The molecule has 0 atom stereocenters. The molecule has 0 spiro atoms. The molecule has 0 aliphatic carbocycles. The summed E-state index contributed by atoms with van der Waals surface area (Å²) in [6.07, 6.45) is 2.95. The van der Waals surface area contributed by atoms with Crippen LogP contribution < -0.4 is 16.0 Å². The average Bonchev–Trinajstić information content (AvgIpc) is 2.67. The van der Waals surface area contributed by atoms with Crippen LogP contribution in [0.5, 0.6) is 0 Å². The number of unbranched alkanes of at least 4 members (excludes halogenated alkanes) is 2. The maximum Gasteiger partial charge on any atom is 0.407 e. The van der Waals surface area contributed by atoms with E-state index < -0.39 is 17.6 Å². The van der Waals surface area contributed by atoms with Crippen LogP contribution in [0, 0.1) is 5.41 Å². The zero-order valence-electron chi connectivity index (χ0n) is 19.5. The first kappa shape index (κ1) is 28.0. The van der Waals surface area contributed by atoms with Crippen LogP contribution in [-0.2, 0) is 14.3 Å². The van der Waals surface area contributed by atoms with E-state index in [-0.39, 0.29) is 19.1 Å². The molecule has 0 rings (SSSR count). The van der Waals surface area contributed by atoms with Crippen molar-refractivity contribution >= 4 is 18.1 Å². The normalized spacial score (nSPS) is 11.1. The van der Waals surface area contributed by atoms with E-state index in [0.717, 1.165) is 25.7 Å². The highest BCUT2D eigenvalue weighted by molar-refractivity contribution is 5.81. The van der Waals surface area contributed by atoms with Crippen molar-refractivity contribution in [3.05, 3.63) is 0 Å². The Morgan fingerprint density at radius 2 is 1.20 bits per heavy atom. The zero-order chi connectivity index (χ0) is 22.8. The summed E-state index contributed by atoms with van der Waals surface area (Å²) >= 11 is 0. The molecule has 0 aliphatic heterocycles. The third-order valence-electron chi connectivity index (χ3n) is 4.28. The molecule has 0 aromatic heterocycles. The van der Waals surface area contributed by atoms with E-state index in [2.05, 4.69) is 29.8 Å². The Morgan fingerprint density at radius 3 is 1.60 bits per heavy atom. The number of amides is 3. The van der Waals surface area contributed by atoms with Gasteiger partial charge in [0.1, 0.15) is 13.2 Å². The topological polar surface area (TPSA) is 109 Å². The van der Waals surface area contributed by atoms with Crippen LogP contribution >= 0.6 is 0 Å². The minimum Gasteiger partial charge on any atom is -0.448 e. The molecule has 0 unspecified atom stereocenters. The number of carbonyl (C=O) groups is 3. The fourth-order valence-corrected chi connectivity index (χ4v) is 2.30. The molecule has 9 heteroatoms. The van der Waals surface area contributed by atoms with Crippen LogP contribution in [0.4, 0.5) is 9.59 Å². The Bertz CT molecular complexity index is 466. The van der Waals surface area contributed by atoms with Crippen molar-refractivity contribution in [2.75, 3.05) is 52.5 Å². The largest absolute Gasteiger partial charge is 0.448 e. The lowest BCUT2D eigenvalue weighted by Crippen LogP contribution is -2.42. The first-order chi connectivity index (χ1) is 14.2. The van der Waals surface area contributed by atoms with Gasteiger partial charge in [-0.25, -0.2) is 9.59 Å². The molecule has 0 fully saturated rings. The maximum atomic E-state index is 12.0. The summed E-state index contributed by atoms with van der Waals surface area (Å²) in [4.78, 5) is 37.3. The van der Waals surface area contributed by atoms with Crippen LogP contribution in [0.25, 0.3) is 0 Å². The van der Waals surface area contributed by atoms with Gasteiger partial charge < -0.3 is 25.4 Å². The average molecular weight is 431 g/mol. The molecule has 0 bridgehead atoms. The number of alkyl carbamates (subject to hydrolysis) is 2. The van der Waals surface area contributed by atoms with Gasteiger partial charge in [0.05, 0.1) is 0 Å². The van der Waals surface area contributed by atoms with Crippen LogP contribution in [-0.4, -0.2) is 75.5 Å². The Labute approximate surface area is 181 Å². The van der Waals surface area contributed by atoms with Crippen LogP contribution in [0.2, 0.25) is 0 Å². The molecular weight excluding hydrogens is 388 g/mol. The SMILES string of the molecule is CCCCNC(=O)OCCN(CCNC(=O)C(C)(C)C)CCOC(=O)NCCCC. The van der Waals surface area contributed by atoms with E-state index in [1.165, 1.54) is 0 Å². The third-order valence-corrected chi connectivity index (χ3v) is 4.28. The highest BCUT2D eigenvalue weighted by atomic mass is 16.6. The second-order valence-corrected chi connectivity index (χ2v) is 8.18. The Morgan fingerprint density at radius 1 is 0.733 bits per heavy atom. The molecule has 176 valence electrons. The number of nitrogens with one attached hydrogen (secondary N) is 3. The molecular formula is C21H42N4O5. The van der Waals surface area contributed by atoms with Crippen LogP contribution in [0.15, 0.2) is 0 Å². The summed E-state index contributed by atoms with van der Waals surface area (Å²) in [5.74, 6) is -0.0273. The lowest BCUT2D eigenvalue weighted by Gasteiger charge is -2.24. The number of nitrogens with zero attached hydrogens (tertiary/aromatic N) is 1. The Balaban J connectivity index is 4.34. The molecule has 9 nitrogen and oxygen atoms in total. The molecule has 0 aromatic rings. The number of rotatable bonds is 15. The molecule has 0 heterocycles. The molecule has 3 N–H and O–H groups in total. The number of hydrogen-bond donors (Lipinski definition) is 3. The summed E-state index contributed by atoms with van der Waals surface area (Å²) in [5, 5.41) is 8.30. The van der Waals surface area contributed by atoms with Gasteiger partial charge in [-0.1, -0.05) is 47.5 Å². The summed E-state index contributed by atoms with van der Waals surface area (Å²) in [6, 6.07) is 0. The van der Waals surface area contributed by atoms with Crippen molar-refractivity contribution in [1.82, 2.24) is 20.9 Å². The fourth-order valence-electron chi connectivity index (χ4n) is 2.30. The van der Waals surface area contributed by atoms with Gasteiger partial charge >= 0.3 is 12.2 Å². The monoisotopic (exact) mass is 430 g/mol. The van der Waals surface area contributed by atoms with E-state index in [1.807, 2.05) is 25.7 Å². The number of ether oxygens (including phenoxy) is 2. The smallest absolute Gasteiger partial charge is 0.407 e. The lowest BCUT2D eigenvalue weighted by molar-refractivity contribution is -0.128. The van der Waals surface area contributed by atoms with Crippen molar-refractivity contribution < 1.29 is 23.9 Å². The van der Waals surface area contributed by atoms with Gasteiger partial charge in [-0.3, -0.25) is 9.69 Å². The molecule has 30 heavy (non-hydrogen) atoms. The quantitative estimate of drug-likeness (QED) is 0.345. The fraction of sp³-hybridized carbons (Fsp3) is 0.857. The van der Waals surface area contributed by atoms with Gasteiger partial charge in [0.2, 0.25) is 5.91 Å². The summed E-state index contributed by atoms with van der Waals surface area (Å²) in [6.45, 7) is 13.3. The summed E-state index contributed by atoms with van der Waals surface area (Å²) in [7, 11) is 0. The first-order valence-corrected chi connectivity index (χ1v) is 11.0. The van der Waals surface area contributed by atoms with E-state index in [4.69, 9.17) is 9.47 Å². The predicted molar refractivity (Wildman–Crippen MR) is 117 cm³/mol. The molecule has 0 aromatic carbocycles. The maximum absolute atomic E-state index is 12.0. The van der Waals surface area contributed by atoms with Crippen molar-refractivity contribution in [3.8, 4) is 0 Å². The Kier molecular flexibility index (Phi) is 15.6. The van der Waals surface area contributed by atoms with Gasteiger partial charge in [-0.2, -0.15) is 0 Å². The van der Waals surface area contributed by atoms with Crippen molar-refractivity contribution in [2.24, 2.45) is 5.41 Å². The van der Waals surface area contributed by atoms with E-state index in [9.17, 15) is 14.4 Å². The number of carbonyl (C=O) groups excluding carboxylic acids is 3. The van der Waals surface area contributed by atoms with Crippen molar-refractivity contribution in [1.29, 1.82) is 0 Å². The minimum atomic E-state index is -0.454. The van der Waals surface area contributed by atoms with Gasteiger partial charge in [0.25, 0.3) is 0 Å². The van der Waals surface area contributed by atoms with Crippen LogP contribution in [0.1, 0.15) is 60.3 Å². The van der Waals surface area contributed by atoms with Gasteiger partial charge in [-0.15, -0.1) is 0 Å². The standard InChI is InChI=1S/C21H42N4O5/c1-6-8-10-23-19(27)29-16-14-25(13-12-22-18(26)21(3,4)5)15-17-30-20(28)24-11-9-7-2/h6-17H2,1-5H3,(H,22,26)(H,23,27)(H,24,28). The van der Waals surface area contributed by atoms with Crippen molar-refractivity contribution in [3.63, 3.8) is 0 Å². The molecule has 0 saturated heterocycles. The van der Waals surface area contributed by atoms with E-state index in [0.29, 0.717) is 39.3 Å². The van der Waals surface area contributed by atoms with E-state index >= 15 is 0 Å². The second kappa shape index (κ2) is 16.7. The predicted octanol–water partition coefficient (Wildman–Crippen LogP) is 2.50. The highest BCUT2D eigenvalue weighted by Crippen LogP contribution is 2.11. The van der Waals surface area contributed by atoms with Gasteiger partial charge in [0, 0.05) is 44.7 Å². The first-order valence-electron chi connectivity index (χ1n) is 11.0. The molecule has 0 radical (unpaired) electrons. The highest BCUT2D eigenvalue weighted by Gasteiger charge is 2.20. The third kappa shape index (κ3) is 15.8.